The lowest BCUT2D eigenvalue weighted by Crippen LogP contribution is -3.13. The molecular formula is C18H23BrN3OS+. The Balaban J connectivity index is 1.59. The topological polar surface area (TPSA) is 41.6 Å². The van der Waals surface area contributed by atoms with Crippen LogP contribution >= 0.6 is 28.1 Å². The average Bonchev–Trinajstić information content (AvgIpc) is 3.10. The summed E-state index contributed by atoms with van der Waals surface area (Å²) in [4.78, 5) is 1.58. The molecule has 1 aromatic heterocycles. The number of piperidine rings is 1. The van der Waals surface area contributed by atoms with Crippen molar-refractivity contribution in [1.29, 1.82) is 0 Å². The highest BCUT2D eigenvalue weighted by atomic mass is 79.9. The van der Waals surface area contributed by atoms with Gasteiger partial charge in [-0.25, -0.2) is 0 Å². The summed E-state index contributed by atoms with van der Waals surface area (Å²) in [6.07, 6.45) is 5.66. The lowest BCUT2D eigenvalue weighted by molar-refractivity contribution is -0.936. The summed E-state index contributed by atoms with van der Waals surface area (Å²) >= 11 is 8.92. The molecule has 4 nitrogen and oxygen atoms in total. The molecule has 24 heavy (non-hydrogen) atoms. The number of rotatable bonds is 5. The van der Waals surface area contributed by atoms with Crippen molar-refractivity contribution in [2.45, 2.75) is 25.3 Å². The summed E-state index contributed by atoms with van der Waals surface area (Å²) in [5.41, 5.74) is 0.974. The Morgan fingerprint density at radius 1 is 1.21 bits per heavy atom. The van der Waals surface area contributed by atoms with Crippen molar-refractivity contribution in [1.82, 2.24) is 5.32 Å². The van der Waals surface area contributed by atoms with Gasteiger partial charge in [0.1, 0.15) is 0 Å². The molecule has 0 bridgehead atoms. The van der Waals surface area contributed by atoms with Gasteiger partial charge in [0, 0.05) is 10.2 Å². The van der Waals surface area contributed by atoms with Crippen LogP contribution in [-0.2, 0) is 0 Å². The first-order valence-electron chi connectivity index (χ1n) is 8.41. The molecule has 1 aromatic carbocycles. The smallest absolute Gasteiger partial charge is 0.171 e. The molecule has 1 fully saturated rings. The van der Waals surface area contributed by atoms with Crippen molar-refractivity contribution in [2.24, 2.45) is 0 Å². The zero-order valence-corrected chi connectivity index (χ0v) is 16.0. The number of furan rings is 1. The first kappa shape index (κ1) is 17.5. The molecule has 6 heteroatoms. The van der Waals surface area contributed by atoms with Crippen molar-refractivity contribution < 1.29 is 9.32 Å². The average molecular weight is 409 g/mol. The first-order valence-corrected chi connectivity index (χ1v) is 9.61. The van der Waals surface area contributed by atoms with Crippen molar-refractivity contribution in [3.05, 3.63) is 52.9 Å². The van der Waals surface area contributed by atoms with E-state index in [1.54, 1.807) is 11.2 Å². The van der Waals surface area contributed by atoms with Crippen LogP contribution in [0.5, 0.6) is 0 Å². The van der Waals surface area contributed by atoms with E-state index in [1.807, 2.05) is 30.3 Å². The minimum atomic E-state index is 0.294. The normalized spacial score (nSPS) is 16.5. The fraction of sp³-hybridized carbons (Fsp3) is 0.389. The van der Waals surface area contributed by atoms with Gasteiger partial charge in [-0.2, -0.15) is 0 Å². The van der Waals surface area contributed by atoms with Crippen molar-refractivity contribution in [3.8, 4) is 0 Å². The maximum Gasteiger partial charge on any atom is 0.171 e. The molecule has 1 aliphatic rings. The zero-order valence-electron chi connectivity index (χ0n) is 13.6. The summed E-state index contributed by atoms with van der Waals surface area (Å²) in [6.45, 7) is 3.15. The molecule has 3 rings (SSSR count). The van der Waals surface area contributed by atoms with Crippen LogP contribution in [0.25, 0.3) is 0 Å². The van der Waals surface area contributed by atoms with E-state index >= 15 is 0 Å². The second-order valence-electron chi connectivity index (χ2n) is 6.13. The number of thiocarbonyl (C=S) groups is 1. The molecule has 2 aromatic rings. The van der Waals surface area contributed by atoms with Gasteiger partial charge in [0.15, 0.2) is 16.9 Å². The number of hydrogen-bond acceptors (Lipinski definition) is 2. The molecule has 0 spiro atoms. The molecular weight excluding hydrogens is 386 g/mol. The van der Waals surface area contributed by atoms with E-state index in [9.17, 15) is 0 Å². The second-order valence-corrected chi connectivity index (χ2v) is 7.46. The molecule has 0 radical (unpaired) electrons. The van der Waals surface area contributed by atoms with Gasteiger partial charge in [0.2, 0.25) is 0 Å². The largest absolute Gasteiger partial charge is 0.463 e. The predicted molar refractivity (Wildman–Crippen MR) is 104 cm³/mol. The molecule has 2 heterocycles. The van der Waals surface area contributed by atoms with Crippen molar-refractivity contribution in [2.75, 3.05) is 25.0 Å². The number of halogens is 1. The number of anilines is 1. The maximum absolute atomic E-state index is 5.68. The van der Waals surface area contributed by atoms with Gasteiger partial charge >= 0.3 is 0 Å². The van der Waals surface area contributed by atoms with Gasteiger partial charge in [-0.15, -0.1) is 0 Å². The zero-order chi connectivity index (χ0) is 16.8. The third kappa shape index (κ3) is 4.82. The van der Waals surface area contributed by atoms with Crippen LogP contribution in [0.2, 0.25) is 0 Å². The van der Waals surface area contributed by atoms with E-state index in [0.29, 0.717) is 11.2 Å². The number of quaternary nitrogens is 1. The summed E-state index contributed by atoms with van der Waals surface area (Å²) in [5.74, 6) is 1.03. The molecule has 0 aliphatic carbocycles. The Morgan fingerprint density at radius 2 is 2.04 bits per heavy atom. The van der Waals surface area contributed by atoms with Crippen LogP contribution in [0.1, 0.15) is 31.1 Å². The fourth-order valence-corrected chi connectivity index (χ4v) is 3.83. The molecule has 0 amide bonds. The van der Waals surface area contributed by atoms with Crippen LogP contribution in [0.15, 0.2) is 51.6 Å². The summed E-state index contributed by atoms with van der Waals surface area (Å²) in [7, 11) is 0. The van der Waals surface area contributed by atoms with E-state index in [-0.39, 0.29) is 0 Å². The third-order valence-corrected chi connectivity index (χ3v) is 5.16. The highest BCUT2D eigenvalue weighted by molar-refractivity contribution is 9.10. The van der Waals surface area contributed by atoms with Crippen LogP contribution in [0, 0.1) is 0 Å². The van der Waals surface area contributed by atoms with E-state index in [0.717, 1.165) is 22.5 Å². The van der Waals surface area contributed by atoms with Crippen LogP contribution < -0.4 is 15.5 Å². The van der Waals surface area contributed by atoms with Crippen molar-refractivity contribution in [3.63, 3.8) is 0 Å². The minimum absolute atomic E-state index is 0.294. The molecule has 1 atom stereocenters. The highest BCUT2D eigenvalue weighted by Gasteiger charge is 2.28. The van der Waals surface area contributed by atoms with Gasteiger partial charge in [-0.05, 0) is 61.8 Å². The molecule has 0 saturated carbocycles. The number of benzene rings is 1. The molecule has 1 saturated heterocycles. The Labute approximate surface area is 156 Å². The number of nitrogens with one attached hydrogen (secondary N) is 3. The van der Waals surface area contributed by atoms with Crippen LogP contribution in [0.3, 0.4) is 0 Å². The summed E-state index contributed by atoms with van der Waals surface area (Å²) in [6, 6.07) is 12.3. The van der Waals surface area contributed by atoms with Gasteiger partial charge in [-0.1, -0.05) is 22.0 Å². The SMILES string of the molecule is S=C(NC[C@H](c1ccco1)[NH+]1CCCCC1)Nc1cccc(Br)c1. The summed E-state index contributed by atoms with van der Waals surface area (Å²) in [5, 5.41) is 7.24. The Bertz CT molecular complexity index is 656. The lowest BCUT2D eigenvalue weighted by atomic mass is 10.1. The minimum Gasteiger partial charge on any atom is -0.463 e. The van der Waals surface area contributed by atoms with E-state index in [4.69, 9.17) is 16.6 Å². The molecule has 3 N–H and O–H groups in total. The fourth-order valence-electron chi connectivity index (χ4n) is 3.23. The second kappa shape index (κ2) is 8.65. The predicted octanol–water partition coefficient (Wildman–Crippen LogP) is 3.14. The van der Waals surface area contributed by atoms with E-state index in [2.05, 4.69) is 32.6 Å². The molecule has 0 unspecified atom stereocenters. The summed E-state index contributed by atoms with van der Waals surface area (Å²) < 4.78 is 6.71. The van der Waals surface area contributed by atoms with Gasteiger partial charge in [0.25, 0.3) is 0 Å². The standard InChI is InChI=1S/C18H22BrN3OS/c19-14-6-4-7-15(12-14)21-18(24)20-13-16(17-8-5-11-23-17)22-9-2-1-3-10-22/h4-8,11-12,16H,1-3,9-10,13H2,(H2,20,21,24)/p+1/t16-/m1/s1. The van der Waals surface area contributed by atoms with E-state index in [1.165, 1.54) is 32.4 Å². The lowest BCUT2D eigenvalue weighted by Gasteiger charge is -2.30. The quantitative estimate of drug-likeness (QED) is 0.664. The van der Waals surface area contributed by atoms with Crippen LogP contribution in [0.4, 0.5) is 5.69 Å². The van der Waals surface area contributed by atoms with Crippen molar-refractivity contribution >= 4 is 38.9 Å². The maximum atomic E-state index is 5.68. The number of likely N-dealkylation sites (tertiary alicyclic amines) is 1. The monoisotopic (exact) mass is 408 g/mol. The Kier molecular flexibility index (Phi) is 6.29. The molecule has 128 valence electrons. The highest BCUT2D eigenvalue weighted by Crippen LogP contribution is 2.16. The Hall–Kier alpha value is -1.37. The number of hydrogen-bond donors (Lipinski definition) is 3. The van der Waals surface area contributed by atoms with Gasteiger partial charge in [0.05, 0.1) is 25.9 Å². The van der Waals surface area contributed by atoms with Gasteiger partial charge < -0.3 is 20.0 Å². The van der Waals surface area contributed by atoms with Crippen LogP contribution in [-0.4, -0.2) is 24.7 Å². The van der Waals surface area contributed by atoms with E-state index < -0.39 is 0 Å². The third-order valence-electron chi connectivity index (χ3n) is 4.42. The molecule has 1 aliphatic heterocycles. The Morgan fingerprint density at radius 3 is 2.75 bits per heavy atom. The first-order chi connectivity index (χ1) is 11.7. The van der Waals surface area contributed by atoms with Gasteiger partial charge in [-0.3, -0.25) is 0 Å².